The van der Waals surface area contributed by atoms with Crippen molar-refractivity contribution in [2.75, 3.05) is 0 Å². The van der Waals surface area contributed by atoms with Crippen LogP contribution in [-0.4, -0.2) is 17.0 Å². The normalized spacial score (nSPS) is 18.6. The number of nitrogens with one attached hydrogen (secondary N) is 1. The molecule has 0 bridgehead atoms. The molecule has 1 atom stereocenters. The van der Waals surface area contributed by atoms with Crippen LogP contribution < -0.4 is 11.1 Å². The second-order valence-corrected chi connectivity index (χ2v) is 5.53. The van der Waals surface area contributed by atoms with Gasteiger partial charge < -0.3 is 11.1 Å². The van der Waals surface area contributed by atoms with Crippen molar-refractivity contribution in [3.63, 3.8) is 0 Å². The van der Waals surface area contributed by atoms with Gasteiger partial charge in [-0.05, 0) is 33.6 Å². The Kier molecular flexibility index (Phi) is 3.14. The lowest BCUT2D eigenvalue weighted by Gasteiger charge is -2.13. The molecule has 2 rings (SSSR count). The summed E-state index contributed by atoms with van der Waals surface area (Å²) in [7, 11) is 0. The average molecular weight is 238 g/mol. The van der Waals surface area contributed by atoms with Crippen LogP contribution in [0.5, 0.6) is 0 Å². The lowest BCUT2D eigenvalue weighted by atomic mass is 10.2. The number of rotatable bonds is 3. The molecule has 0 radical (unpaired) electrons. The quantitative estimate of drug-likeness (QED) is 0.624. The number of thiazole rings is 1. The molecule has 0 saturated heterocycles. The number of hydrogen-bond donors (Lipinski definition) is 2. The first kappa shape index (κ1) is 11.4. The molecule has 5 heteroatoms. The van der Waals surface area contributed by atoms with Crippen LogP contribution in [0.3, 0.4) is 0 Å². The lowest BCUT2D eigenvalue weighted by molar-refractivity contribution is 0.714. The Morgan fingerprint density at radius 1 is 1.56 bits per heavy atom. The number of hydrogen-bond acceptors (Lipinski definition) is 3. The Bertz CT molecular complexity index is 406. The molecule has 1 aliphatic rings. The Labute approximate surface area is 100.0 Å². The van der Waals surface area contributed by atoms with Crippen molar-refractivity contribution in [1.29, 1.82) is 0 Å². The van der Waals surface area contributed by atoms with Gasteiger partial charge in [-0.15, -0.1) is 11.3 Å². The minimum absolute atomic E-state index is 0.189. The second-order valence-electron chi connectivity index (χ2n) is 4.29. The zero-order valence-corrected chi connectivity index (χ0v) is 10.8. The molecular formula is C11H18N4S. The van der Waals surface area contributed by atoms with E-state index in [1.54, 1.807) is 11.3 Å². The van der Waals surface area contributed by atoms with E-state index in [9.17, 15) is 0 Å². The van der Waals surface area contributed by atoms with Gasteiger partial charge in [-0.2, -0.15) is 0 Å². The third kappa shape index (κ3) is 2.72. The topological polar surface area (TPSA) is 63.3 Å². The molecule has 0 amide bonds. The van der Waals surface area contributed by atoms with E-state index in [0.29, 0.717) is 12.0 Å². The van der Waals surface area contributed by atoms with Gasteiger partial charge in [0.15, 0.2) is 5.96 Å². The third-order valence-electron chi connectivity index (χ3n) is 2.57. The minimum atomic E-state index is 0.189. The lowest BCUT2D eigenvalue weighted by Crippen LogP contribution is -2.34. The maximum atomic E-state index is 5.83. The van der Waals surface area contributed by atoms with Crippen LogP contribution >= 0.6 is 11.3 Å². The minimum Gasteiger partial charge on any atom is -0.370 e. The number of nitrogens with zero attached hydrogens (tertiary/aromatic N) is 2. The highest BCUT2D eigenvalue weighted by Gasteiger charge is 2.21. The molecule has 88 valence electrons. The summed E-state index contributed by atoms with van der Waals surface area (Å²) in [5, 5.41) is 4.32. The van der Waals surface area contributed by atoms with E-state index in [4.69, 9.17) is 5.73 Å². The van der Waals surface area contributed by atoms with E-state index in [1.807, 2.05) is 13.8 Å². The summed E-state index contributed by atoms with van der Waals surface area (Å²) < 4.78 is 0. The van der Waals surface area contributed by atoms with Crippen LogP contribution in [0.25, 0.3) is 0 Å². The molecule has 4 nitrogen and oxygen atoms in total. The maximum absolute atomic E-state index is 5.83. The van der Waals surface area contributed by atoms with Crippen molar-refractivity contribution in [2.24, 2.45) is 10.7 Å². The van der Waals surface area contributed by atoms with E-state index in [1.165, 1.54) is 17.7 Å². The fraction of sp³-hybridized carbons (Fsp3) is 0.636. The second kappa shape index (κ2) is 4.41. The molecule has 1 heterocycles. The standard InChI is InChI=1S/C11H18N4S/c1-6-10(16-8(3)13-6)7(2)14-11(12)15-9-4-5-9/h7,9H,4-5H2,1-3H3,(H3,12,14,15). The van der Waals surface area contributed by atoms with Gasteiger partial charge in [-0.25, -0.2) is 4.98 Å². The van der Waals surface area contributed by atoms with Crippen molar-refractivity contribution in [3.05, 3.63) is 15.6 Å². The van der Waals surface area contributed by atoms with E-state index in [0.717, 1.165) is 10.7 Å². The van der Waals surface area contributed by atoms with E-state index in [-0.39, 0.29) is 6.04 Å². The summed E-state index contributed by atoms with van der Waals surface area (Å²) in [6.07, 6.45) is 2.35. The summed E-state index contributed by atoms with van der Waals surface area (Å²) in [6.45, 7) is 6.15. The molecule has 1 aromatic heterocycles. The number of aromatic nitrogens is 1. The highest BCUT2D eigenvalue weighted by atomic mass is 32.1. The summed E-state index contributed by atoms with van der Waals surface area (Å²) in [5.74, 6) is 0.556. The Hall–Kier alpha value is -1.10. The largest absolute Gasteiger partial charge is 0.370 e. The molecule has 0 spiro atoms. The van der Waals surface area contributed by atoms with Crippen molar-refractivity contribution in [3.8, 4) is 0 Å². The summed E-state index contributed by atoms with van der Waals surface area (Å²) >= 11 is 1.71. The number of guanidine groups is 1. The smallest absolute Gasteiger partial charge is 0.189 e. The van der Waals surface area contributed by atoms with Crippen LogP contribution in [0.4, 0.5) is 0 Å². The van der Waals surface area contributed by atoms with E-state index >= 15 is 0 Å². The molecular weight excluding hydrogens is 220 g/mol. The van der Waals surface area contributed by atoms with Crippen LogP contribution in [0, 0.1) is 13.8 Å². The number of aliphatic imine (C=N–C) groups is 1. The molecule has 1 unspecified atom stereocenters. The van der Waals surface area contributed by atoms with Crippen LogP contribution in [-0.2, 0) is 0 Å². The SMILES string of the molecule is Cc1nc(C)c(C(C)NC(N)=NC2CC2)s1. The van der Waals surface area contributed by atoms with Gasteiger partial charge in [0.25, 0.3) is 0 Å². The maximum Gasteiger partial charge on any atom is 0.189 e. The van der Waals surface area contributed by atoms with Gasteiger partial charge in [-0.3, -0.25) is 4.99 Å². The number of aryl methyl sites for hydroxylation is 2. The zero-order chi connectivity index (χ0) is 11.7. The summed E-state index contributed by atoms with van der Waals surface area (Å²) in [5.41, 5.74) is 6.92. The van der Waals surface area contributed by atoms with Crippen molar-refractivity contribution in [2.45, 2.75) is 45.7 Å². The number of nitrogens with two attached hydrogens (primary N) is 1. The third-order valence-corrected chi connectivity index (χ3v) is 3.82. The summed E-state index contributed by atoms with van der Waals surface area (Å²) in [4.78, 5) is 10.0. The van der Waals surface area contributed by atoms with Crippen molar-refractivity contribution in [1.82, 2.24) is 10.3 Å². The Balaban J connectivity index is 2.01. The monoisotopic (exact) mass is 238 g/mol. The average Bonchev–Trinajstić information content (AvgIpc) is 2.90. The Morgan fingerprint density at radius 2 is 2.25 bits per heavy atom. The molecule has 1 fully saturated rings. The van der Waals surface area contributed by atoms with Gasteiger partial charge in [0, 0.05) is 4.88 Å². The van der Waals surface area contributed by atoms with Crippen molar-refractivity contribution < 1.29 is 0 Å². The van der Waals surface area contributed by atoms with E-state index < -0.39 is 0 Å². The molecule has 1 saturated carbocycles. The highest BCUT2D eigenvalue weighted by molar-refractivity contribution is 7.11. The van der Waals surface area contributed by atoms with Gasteiger partial charge in [-0.1, -0.05) is 0 Å². The first-order valence-electron chi connectivity index (χ1n) is 5.60. The van der Waals surface area contributed by atoms with Gasteiger partial charge in [0.1, 0.15) is 0 Å². The Morgan fingerprint density at radius 3 is 2.75 bits per heavy atom. The zero-order valence-electron chi connectivity index (χ0n) is 9.95. The summed E-state index contributed by atoms with van der Waals surface area (Å²) in [6, 6.07) is 0.651. The van der Waals surface area contributed by atoms with Crippen LogP contribution in [0.1, 0.15) is 41.4 Å². The first-order valence-corrected chi connectivity index (χ1v) is 6.41. The molecule has 3 N–H and O–H groups in total. The van der Waals surface area contributed by atoms with Gasteiger partial charge >= 0.3 is 0 Å². The van der Waals surface area contributed by atoms with Crippen LogP contribution in [0.15, 0.2) is 4.99 Å². The first-order chi connectivity index (χ1) is 7.56. The predicted molar refractivity (Wildman–Crippen MR) is 67.8 cm³/mol. The fourth-order valence-electron chi connectivity index (χ4n) is 1.67. The molecule has 1 aromatic rings. The highest BCUT2D eigenvalue weighted by Crippen LogP contribution is 2.25. The molecule has 1 aliphatic carbocycles. The van der Waals surface area contributed by atoms with Gasteiger partial charge in [0.2, 0.25) is 0 Å². The van der Waals surface area contributed by atoms with E-state index in [2.05, 4.69) is 22.2 Å². The molecule has 16 heavy (non-hydrogen) atoms. The molecule has 0 aromatic carbocycles. The van der Waals surface area contributed by atoms with Gasteiger partial charge in [0.05, 0.1) is 22.8 Å². The predicted octanol–water partition coefficient (Wildman–Crippen LogP) is 1.89. The molecule has 0 aliphatic heterocycles. The van der Waals surface area contributed by atoms with Crippen LogP contribution in [0.2, 0.25) is 0 Å². The van der Waals surface area contributed by atoms with Crippen molar-refractivity contribution >= 4 is 17.3 Å². The fourth-order valence-corrected chi connectivity index (χ4v) is 2.60.